The Bertz CT molecular complexity index is 742. The van der Waals surface area contributed by atoms with Crippen molar-refractivity contribution in [2.75, 3.05) is 12.8 Å². The number of nitrogens with zero attached hydrogens (tertiary/aromatic N) is 2. The van der Waals surface area contributed by atoms with Crippen LogP contribution >= 0.6 is 11.8 Å². The van der Waals surface area contributed by atoms with Crippen molar-refractivity contribution < 1.29 is 13.2 Å². The summed E-state index contributed by atoms with van der Waals surface area (Å²) in [6.07, 6.45) is 8.99. The summed E-state index contributed by atoms with van der Waals surface area (Å²) < 4.78 is 27.1. The quantitative estimate of drug-likeness (QED) is 0.665. The first-order valence-electron chi connectivity index (χ1n) is 9.74. The number of carbonyl (C=O) groups is 1. The molecule has 2 aliphatic carbocycles. The minimum absolute atomic E-state index is 0.00469. The molecule has 2 aliphatic rings. The number of pyridine rings is 1. The molecule has 2 fully saturated rings. The van der Waals surface area contributed by atoms with Crippen LogP contribution in [0.2, 0.25) is 0 Å². The SMILES string of the molecule is C[C@@H](NC(=O)CSc1ccc(S(=O)(=O)N(C)C2CCCCC2)cn1)C1CC1. The summed E-state index contributed by atoms with van der Waals surface area (Å²) in [5.74, 6) is 0.913. The summed E-state index contributed by atoms with van der Waals surface area (Å²) >= 11 is 1.33. The summed E-state index contributed by atoms with van der Waals surface area (Å²) in [5.41, 5.74) is 0. The summed E-state index contributed by atoms with van der Waals surface area (Å²) in [4.78, 5) is 16.5. The van der Waals surface area contributed by atoms with Crippen LogP contribution in [0.15, 0.2) is 28.3 Å². The van der Waals surface area contributed by atoms with E-state index in [-0.39, 0.29) is 28.6 Å². The van der Waals surface area contributed by atoms with E-state index in [0.29, 0.717) is 10.9 Å². The Morgan fingerprint density at radius 1 is 1.26 bits per heavy atom. The number of amides is 1. The standard InChI is InChI=1S/C19H29N3O3S2/c1-14(15-8-9-15)21-18(23)13-26-19-11-10-17(12-20-19)27(24,25)22(2)16-6-4-3-5-7-16/h10-12,14-16H,3-9,13H2,1-2H3,(H,21,23)/t14-/m1/s1. The van der Waals surface area contributed by atoms with Crippen molar-refractivity contribution in [3.05, 3.63) is 18.3 Å². The van der Waals surface area contributed by atoms with Gasteiger partial charge in [0.15, 0.2) is 0 Å². The minimum atomic E-state index is -3.52. The van der Waals surface area contributed by atoms with Gasteiger partial charge in [0, 0.05) is 25.3 Å². The lowest BCUT2D eigenvalue weighted by Crippen LogP contribution is -2.38. The highest BCUT2D eigenvalue weighted by Crippen LogP contribution is 2.32. The highest BCUT2D eigenvalue weighted by atomic mass is 32.2. The van der Waals surface area contributed by atoms with Crippen molar-refractivity contribution in [1.29, 1.82) is 0 Å². The van der Waals surface area contributed by atoms with E-state index in [0.717, 1.165) is 25.7 Å². The molecule has 8 heteroatoms. The zero-order valence-electron chi connectivity index (χ0n) is 16.1. The van der Waals surface area contributed by atoms with Crippen LogP contribution in [0.4, 0.5) is 0 Å². The fraction of sp³-hybridized carbons (Fsp3) is 0.684. The van der Waals surface area contributed by atoms with Gasteiger partial charge in [-0.15, -0.1) is 0 Å². The predicted molar refractivity (Wildman–Crippen MR) is 107 cm³/mol. The number of nitrogens with one attached hydrogen (secondary N) is 1. The van der Waals surface area contributed by atoms with Crippen LogP contribution in [0.25, 0.3) is 0 Å². The second-order valence-corrected chi connectivity index (χ2v) is 10.6. The van der Waals surface area contributed by atoms with Crippen LogP contribution in [0.3, 0.4) is 0 Å². The Hall–Kier alpha value is -1.12. The number of carbonyl (C=O) groups excluding carboxylic acids is 1. The van der Waals surface area contributed by atoms with E-state index in [4.69, 9.17) is 0 Å². The number of rotatable bonds is 8. The molecule has 0 aromatic carbocycles. The Balaban J connectivity index is 1.54. The van der Waals surface area contributed by atoms with Gasteiger partial charge in [-0.3, -0.25) is 4.79 Å². The van der Waals surface area contributed by atoms with Gasteiger partial charge in [-0.2, -0.15) is 4.31 Å². The first-order valence-corrected chi connectivity index (χ1v) is 12.2. The van der Waals surface area contributed by atoms with Gasteiger partial charge in [0.25, 0.3) is 0 Å². The van der Waals surface area contributed by atoms with Crippen LogP contribution in [-0.4, -0.2) is 48.5 Å². The molecule has 0 aliphatic heterocycles. The van der Waals surface area contributed by atoms with Crippen LogP contribution in [0.5, 0.6) is 0 Å². The summed E-state index contributed by atoms with van der Waals surface area (Å²) in [6, 6.07) is 3.59. The maximum atomic E-state index is 12.8. The van der Waals surface area contributed by atoms with E-state index in [9.17, 15) is 13.2 Å². The molecule has 1 N–H and O–H groups in total. The Morgan fingerprint density at radius 2 is 1.96 bits per heavy atom. The molecule has 6 nitrogen and oxygen atoms in total. The van der Waals surface area contributed by atoms with E-state index >= 15 is 0 Å². The first kappa shape index (κ1) is 20.6. The molecule has 0 radical (unpaired) electrons. The van der Waals surface area contributed by atoms with Crippen molar-refractivity contribution in [2.45, 2.75) is 73.9 Å². The zero-order valence-corrected chi connectivity index (χ0v) is 17.7. The summed E-state index contributed by atoms with van der Waals surface area (Å²) in [7, 11) is -1.86. The van der Waals surface area contributed by atoms with Crippen molar-refractivity contribution in [3.8, 4) is 0 Å². The van der Waals surface area contributed by atoms with Crippen LogP contribution in [-0.2, 0) is 14.8 Å². The molecule has 1 atom stereocenters. The van der Waals surface area contributed by atoms with Gasteiger partial charge in [-0.25, -0.2) is 13.4 Å². The molecular formula is C19H29N3O3S2. The smallest absolute Gasteiger partial charge is 0.244 e. The summed E-state index contributed by atoms with van der Waals surface area (Å²) in [5, 5.41) is 3.66. The fourth-order valence-electron chi connectivity index (χ4n) is 3.56. The Morgan fingerprint density at radius 3 is 2.56 bits per heavy atom. The molecule has 27 heavy (non-hydrogen) atoms. The number of aromatic nitrogens is 1. The second kappa shape index (κ2) is 8.92. The topological polar surface area (TPSA) is 79.4 Å². The van der Waals surface area contributed by atoms with Gasteiger partial charge < -0.3 is 5.32 Å². The lowest BCUT2D eigenvalue weighted by molar-refractivity contribution is -0.119. The van der Waals surface area contributed by atoms with Gasteiger partial charge in [0.05, 0.1) is 10.8 Å². The third kappa shape index (κ3) is 5.45. The predicted octanol–water partition coefficient (Wildman–Crippen LogP) is 3.04. The molecule has 0 bridgehead atoms. The molecule has 150 valence electrons. The maximum Gasteiger partial charge on any atom is 0.244 e. The highest BCUT2D eigenvalue weighted by Gasteiger charge is 2.30. The van der Waals surface area contributed by atoms with Gasteiger partial charge in [-0.05, 0) is 50.7 Å². The molecular weight excluding hydrogens is 382 g/mol. The van der Waals surface area contributed by atoms with Crippen molar-refractivity contribution in [3.63, 3.8) is 0 Å². The molecule has 0 spiro atoms. The van der Waals surface area contributed by atoms with E-state index in [1.165, 1.54) is 41.5 Å². The van der Waals surface area contributed by atoms with Gasteiger partial charge >= 0.3 is 0 Å². The second-order valence-electron chi connectivity index (χ2n) is 7.63. The Kier molecular flexibility index (Phi) is 6.81. The molecule has 1 heterocycles. The maximum absolute atomic E-state index is 12.8. The number of hydrogen-bond donors (Lipinski definition) is 1. The van der Waals surface area contributed by atoms with E-state index in [1.54, 1.807) is 19.2 Å². The van der Waals surface area contributed by atoms with Gasteiger partial charge in [0.1, 0.15) is 4.90 Å². The van der Waals surface area contributed by atoms with E-state index < -0.39 is 10.0 Å². The van der Waals surface area contributed by atoms with E-state index in [2.05, 4.69) is 10.3 Å². The first-order chi connectivity index (χ1) is 12.9. The normalized spacial score (nSPS) is 19.8. The number of sulfonamides is 1. The monoisotopic (exact) mass is 411 g/mol. The highest BCUT2D eigenvalue weighted by molar-refractivity contribution is 7.99. The van der Waals surface area contributed by atoms with Crippen LogP contribution in [0.1, 0.15) is 51.9 Å². The molecule has 3 rings (SSSR count). The number of hydrogen-bond acceptors (Lipinski definition) is 5. The molecule has 0 saturated heterocycles. The lowest BCUT2D eigenvalue weighted by atomic mass is 9.96. The third-order valence-corrected chi connectivity index (χ3v) is 8.38. The zero-order chi connectivity index (χ0) is 19.4. The van der Waals surface area contributed by atoms with Crippen molar-refractivity contribution >= 4 is 27.7 Å². The van der Waals surface area contributed by atoms with Crippen molar-refractivity contribution in [1.82, 2.24) is 14.6 Å². The minimum Gasteiger partial charge on any atom is -0.353 e. The van der Waals surface area contributed by atoms with Gasteiger partial charge in [0.2, 0.25) is 15.9 Å². The molecule has 0 unspecified atom stereocenters. The van der Waals surface area contributed by atoms with Gasteiger partial charge in [-0.1, -0.05) is 31.0 Å². The molecule has 1 aromatic heterocycles. The average Bonchev–Trinajstić information content (AvgIpc) is 3.52. The largest absolute Gasteiger partial charge is 0.353 e. The molecule has 1 aromatic rings. The average molecular weight is 412 g/mol. The fourth-order valence-corrected chi connectivity index (χ4v) is 5.58. The van der Waals surface area contributed by atoms with Crippen LogP contribution < -0.4 is 5.32 Å². The Labute approximate surface area is 166 Å². The third-order valence-electron chi connectivity index (χ3n) is 5.54. The summed E-state index contributed by atoms with van der Waals surface area (Å²) in [6.45, 7) is 2.04. The van der Waals surface area contributed by atoms with Crippen molar-refractivity contribution in [2.24, 2.45) is 5.92 Å². The lowest BCUT2D eigenvalue weighted by Gasteiger charge is -2.30. The number of thioether (sulfide) groups is 1. The van der Waals surface area contributed by atoms with E-state index in [1.807, 2.05) is 6.92 Å². The molecule has 2 saturated carbocycles. The molecule has 1 amide bonds. The van der Waals surface area contributed by atoms with Crippen LogP contribution in [0, 0.1) is 5.92 Å².